The highest BCUT2D eigenvalue weighted by Gasteiger charge is 2.17. The van der Waals surface area contributed by atoms with Gasteiger partial charge in [0.05, 0.1) is 24.5 Å². The van der Waals surface area contributed by atoms with Crippen molar-refractivity contribution in [1.82, 2.24) is 9.80 Å². The molecule has 0 saturated heterocycles. The first-order chi connectivity index (χ1) is 13.4. The highest BCUT2D eigenvalue weighted by atomic mass is 35.5. The van der Waals surface area contributed by atoms with Crippen LogP contribution in [0.15, 0.2) is 49.1 Å². The van der Waals surface area contributed by atoms with Crippen molar-refractivity contribution in [2.75, 3.05) is 39.1 Å². The first-order valence-corrected chi connectivity index (χ1v) is 9.86. The van der Waals surface area contributed by atoms with Gasteiger partial charge in [0.15, 0.2) is 0 Å². The second-order valence-electron chi connectivity index (χ2n) is 6.19. The highest BCUT2D eigenvalue weighted by Crippen LogP contribution is 2.22. The molecule has 28 heavy (non-hydrogen) atoms. The van der Waals surface area contributed by atoms with Crippen LogP contribution in [0.3, 0.4) is 0 Å². The Kier molecular flexibility index (Phi) is 8.50. The molecule has 0 bridgehead atoms. The van der Waals surface area contributed by atoms with Gasteiger partial charge in [0.2, 0.25) is 11.8 Å². The molecule has 1 heterocycles. The summed E-state index contributed by atoms with van der Waals surface area (Å²) in [6.45, 7) is 5.05. The second-order valence-corrected chi connectivity index (χ2v) is 7.99. The minimum Gasteiger partial charge on any atom is -0.497 e. The van der Waals surface area contributed by atoms with Crippen LogP contribution in [-0.4, -0.2) is 55.4 Å². The van der Waals surface area contributed by atoms with E-state index in [1.165, 1.54) is 16.2 Å². The number of thiophene rings is 1. The summed E-state index contributed by atoms with van der Waals surface area (Å²) in [6, 6.07) is 10.8. The van der Waals surface area contributed by atoms with Gasteiger partial charge in [-0.3, -0.25) is 14.5 Å². The molecule has 150 valence electrons. The van der Waals surface area contributed by atoms with E-state index in [1.807, 2.05) is 17.0 Å². The summed E-state index contributed by atoms with van der Waals surface area (Å²) in [6.07, 6.45) is 1.75. The lowest BCUT2D eigenvalue weighted by molar-refractivity contribution is -0.134. The molecule has 0 spiro atoms. The van der Waals surface area contributed by atoms with Gasteiger partial charge < -0.3 is 15.0 Å². The zero-order valence-corrected chi connectivity index (χ0v) is 17.6. The number of amides is 2. The van der Waals surface area contributed by atoms with Crippen LogP contribution in [0.4, 0.5) is 5.69 Å². The summed E-state index contributed by atoms with van der Waals surface area (Å²) in [5.74, 6) is 0.227. The SMILES string of the molecule is C=CCN(CC(=O)N(C)CC(=O)Nc1cccc(OC)c1)Cc1ccc(Cl)s1. The van der Waals surface area contributed by atoms with Gasteiger partial charge in [-0.15, -0.1) is 17.9 Å². The van der Waals surface area contributed by atoms with E-state index < -0.39 is 0 Å². The number of benzene rings is 1. The Morgan fingerprint density at radius 3 is 2.71 bits per heavy atom. The number of rotatable bonds is 10. The third-order valence-electron chi connectivity index (χ3n) is 3.91. The highest BCUT2D eigenvalue weighted by molar-refractivity contribution is 7.16. The lowest BCUT2D eigenvalue weighted by Gasteiger charge is -2.23. The maximum absolute atomic E-state index is 12.5. The largest absolute Gasteiger partial charge is 0.497 e. The van der Waals surface area contributed by atoms with E-state index in [1.54, 1.807) is 44.5 Å². The van der Waals surface area contributed by atoms with Crippen LogP contribution in [0, 0.1) is 0 Å². The van der Waals surface area contributed by atoms with Crippen LogP contribution in [-0.2, 0) is 16.1 Å². The van der Waals surface area contributed by atoms with Crippen molar-refractivity contribution in [2.24, 2.45) is 0 Å². The van der Waals surface area contributed by atoms with Crippen LogP contribution in [0.2, 0.25) is 4.34 Å². The number of carbonyl (C=O) groups is 2. The standard InChI is InChI=1S/C20H24ClN3O3S/c1-4-10-24(12-17-8-9-18(21)28-17)14-20(26)23(2)13-19(25)22-15-6-5-7-16(11-15)27-3/h4-9,11H,1,10,12-14H2,2-3H3,(H,22,25). The number of nitrogens with one attached hydrogen (secondary N) is 1. The Morgan fingerprint density at radius 1 is 1.29 bits per heavy atom. The second kappa shape index (κ2) is 10.8. The molecular weight excluding hydrogens is 398 g/mol. The van der Waals surface area contributed by atoms with Crippen molar-refractivity contribution in [3.05, 3.63) is 58.3 Å². The molecule has 0 aliphatic carbocycles. The number of halogens is 1. The molecule has 0 unspecified atom stereocenters. The summed E-state index contributed by atoms with van der Waals surface area (Å²) >= 11 is 7.45. The number of hydrogen-bond acceptors (Lipinski definition) is 5. The lowest BCUT2D eigenvalue weighted by Crippen LogP contribution is -2.41. The molecule has 2 rings (SSSR count). The molecule has 1 aromatic heterocycles. The molecule has 6 nitrogen and oxygen atoms in total. The number of methoxy groups -OCH3 is 1. The van der Waals surface area contributed by atoms with Crippen molar-refractivity contribution in [3.8, 4) is 5.75 Å². The molecule has 2 amide bonds. The van der Waals surface area contributed by atoms with Crippen LogP contribution >= 0.6 is 22.9 Å². The van der Waals surface area contributed by atoms with E-state index in [-0.39, 0.29) is 24.9 Å². The minimum absolute atomic E-state index is 0.0389. The van der Waals surface area contributed by atoms with E-state index in [0.29, 0.717) is 28.9 Å². The fraction of sp³-hybridized carbons (Fsp3) is 0.300. The first kappa shape index (κ1) is 21.9. The average molecular weight is 422 g/mol. The van der Waals surface area contributed by atoms with E-state index in [0.717, 1.165) is 4.88 Å². The quantitative estimate of drug-likeness (QED) is 0.596. The molecule has 0 aliphatic rings. The third-order valence-corrected chi connectivity index (χ3v) is 5.13. The van der Waals surface area contributed by atoms with Gasteiger partial charge in [-0.05, 0) is 24.3 Å². The molecule has 0 fully saturated rings. The van der Waals surface area contributed by atoms with Crippen molar-refractivity contribution < 1.29 is 14.3 Å². The topological polar surface area (TPSA) is 61.9 Å². The van der Waals surface area contributed by atoms with Gasteiger partial charge in [-0.1, -0.05) is 23.7 Å². The number of anilines is 1. The summed E-state index contributed by atoms with van der Waals surface area (Å²) in [5, 5.41) is 2.77. The van der Waals surface area contributed by atoms with Gasteiger partial charge in [-0.2, -0.15) is 0 Å². The number of likely N-dealkylation sites (N-methyl/N-ethyl adjacent to an activating group) is 1. The number of hydrogen-bond donors (Lipinski definition) is 1. The van der Waals surface area contributed by atoms with Crippen molar-refractivity contribution in [2.45, 2.75) is 6.54 Å². The maximum atomic E-state index is 12.5. The number of carbonyl (C=O) groups excluding carboxylic acids is 2. The fourth-order valence-corrected chi connectivity index (χ4v) is 3.67. The van der Waals surface area contributed by atoms with Gasteiger partial charge in [0.25, 0.3) is 0 Å². The molecular formula is C20H24ClN3O3S. The van der Waals surface area contributed by atoms with Crippen LogP contribution < -0.4 is 10.1 Å². The van der Waals surface area contributed by atoms with E-state index in [9.17, 15) is 9.59 Å². The smallest absolute Gasteiger partial charge is 0.243 e. The van der Waals surface area contributed by atoms with Crippen LogP contribution in [0.1, 0.15) is 4.88 Å². The normalized spacial score (nSPS) is 10.6. The summed E-state index contributed by atoms with van der Waals surface area (Å²) in [7, 11) is 3.17. The summed E-state index contributed by atoms with van der Waals surface area (Å²) < 4.78 is 5.85. The molecule has 1 N–H and O–H groups in total. The Morgan fingerprint density at radius 2 is 2.07 bits per heavy atom. The Hall–Kier alpha value is -2.35. The Balaban J connectivity index is 1.88. The monoisotopic (exact) mass is 421 g/mol. The van der Waals surface area contributed by atoms with Gasteiger partial charge in [0, 0.05) is 36.8 Å². The Bertz CT molecular complexity index is 825. The third kappa shape index (κ3) is 6.99. The average Bonchev–Trinajstić information content (AvgIpc) is 3.06. The molecule has 0 aliphatic heterocycles. The molecule has 2 aromatic rings. The van der Waals surface area contributed by atoms with Gasteiger partial charge in [0.1, 0.15) is 5.75 Å². The minimum atomic E-state index is -0.274. The maximum Gasteiger partial charge on any atom is 0.243 e. The lowest BCUT2D eigenvalue weighted by atomic mass is 10.3. The first-order valence-electron chi connectivity index (χ1n) is 8.66. The summed E-state index contributed by atoms with van der Waals surface area (Å²) in [5.41, 5.74) is 0.619. The van der Waals surface area contributed by atoms with Crippen molar-refractivity contribution in [1.29, 1.82) is 0 Å². The number of ether oxygens (including phenoxy) is 1. The van der Waals surface area contributed by atoms with Crippen molar-refractivity contribution >= 4 is 40.4 Å². The van der Waals surface area contributed by atoms with Crippen LogP contribution in [0.5, 0.6) is 5.75 Å². The number of nitrogens with zero attached hydrogens (tertiary/aromatic N) is 2. The zero-order chi connectivity index (χ0) is 20.5. The van der Waals surface area contributed by atoms with Gasteiger partial charge in [-0.25, -0.2) is 0 Å². The molecule has 8 heteroatoms. The van der Waals surface area contributed by atoms with E-state index in [4.69, 9.17) is 16.3 Å². The van der Waals surface area contributed by atoms with Crippen LogP contribution in [0.25, 0.3) is 0 Å². The molecule has 0 atom stereocenters. The zero-order valence-electron chi connectivity index (χ0n) is 16.0. The van der Waals surface area contributed by atoms with Gasteiger partial charge >= 0.3 is 0 Å². The predicted molar refractivity (Wildman–Crippen MR) is 114 cm³/mol. The Labute approximate surface area is 174 Å². The summed E-state index contributed by atoms with van der Waals surface area (Å²) in [4.78, 5) is 29.2. The predicted octanol–water partition coefficient (Wildman–Crippen LogP) is 3.50. The van der Waals surface area contributed by atoms with E-state index >= 15 is 0 Å². The molecule has 0 radical (unpaired) electrons. The van der Waals surface area contributed by atoms with E-state index in [2.05, 4.69) is 11.9 Å². The fourth-order valence-electron chi connectivity index (χ4n) is 2.54. The van der Waals surface area contributed by atoms with Crippen molar-refractivity contribution in [3.63, 3.8) is 0 Å². The molecule has 1 aromatic carbocycles. The molecule has 0 saturated carbocycles.